The largest absolute Gasteiger partial charge is 0.493 e. The van der Waals surface area contributed by atoms with Gasteiger partial charge in [-0.05, 0) is 36.3 Å². The molecule has 0 saturated heterocycles. The van der Waals surface area contributed by atoms with Crippen LogP contribution in [-0.2, 0) is 11.2 Å². The number of methoxy groups -OCH3 is 3. The number of aryl methyl sites for hydroxylation is 1. The molecule has 1 heterocycles. The maximum absolute atomic E-state index is 12.7. The van der Waals surface area contributed by atoms with Gasteiger partial charge in [-0.2, -0.15) is 5.26 Å². The second-order valence-corrected chi connectivity index (χ2v) is 7.99. The van der Waals surface area contributed by atoms with Crippen molar-refractivity contribution in [1.82, 2.24) is 4.98 Å². The second kappa shape index (κ2) is 10.5. The van der Waals surface area contributed by atoms with Crippen LogP contribution in [0.3, 0.4) is 0 Å². The van der Waals surface area contributed by atoms with E-state index in [4.69, 9.17) is 14.2 Å². The fraction of sp³-hybridized carbons (Fsp3) is 0.208. The Kier molecular flexibility index (Phi) is 7.47. The van der Waals surface area contributed by atoms with Crippen LogP contribution in [-0.4, -0.2) is 32.2 Å². The minimum Gasteiger partial charge on any atom is -0.493 e. The van der Waals surface area contributed by atoms with Gasteiger partial charge in [-0.15, -0.1) is 11.3 Å². The predicted molar refractivity (Wildman–Crippen MR) is 124 cm³/mol. The number of carbonyl (C=O) groups excluding carboxylic acids is 1. The average molecular weight is 450 g/mol. The zero-order chi connectivity index (χ0) is 23.1. The van der Waals surface area contributed by atoms with Gasteiger partial charge < -0.3 is 14.2 Å². The molecule has 3 rings (SSSR count). The van der Waals surface area contributed by atoms with Crippen LogP contribution in [0.1, 0.15) is 21.6 Å². The highest BCUT2D eigenvalue weighted by Gasteiger charge is 2.16. The molecular weight excluding hydrogens is 426 g/mol. The van der Waals surface area contributed by atoms with Crippen LogP contribution in [0.5, 0.6) is 17.2 Å². The SMILES string of the molecule is COc1cc(/C=C(\C#N)C(=O)Nc2ncc(Cc3ccc(C)cc3)s2)cc(OC)c1OC. The second-order valence-electron chi connectivity index (χ2n) is 6.88. The molecule has 164 valence electrons. The Morgan fingerprint density at radius 2 is 1.78 bits per heavy atom. The van der Waals surface area contributed by atoms with Gasteiger partial charge in [-0.25, -0.2) is 4.98 Å². The van der Waals surface area contributed by atoms with Gasteiger partial charge in [0.05, 0.1) is 21.3 Å². The molecule has 8 heteroatoms. The minimum atomic E-state index is -0.544. The molecule has 0 unspecified atom stereocenters. The van der Waals surface area contributed by atoms with Gasteiger partial charge in [-0.3, -0.25) is 10.1 Å². The molecule has 0 aliphatic carbocycles. The van der Waals surface area contributed by atoms with Crippen LogP contribution >= 0.6 is 11.3 Å². The lowest BCUT2D eigenvalue weighted by atomic mass is 10.1. The lowest BCUT2D eigenvalue weighted by Crippen LogP contribution is -2.13. The third-order valence-corrected chi connectivity index (χ3v) is 5.55. The Balaban J connectivity index is 1.77. The highest BCUT2D eigenvalue weighted by atomic mass is 32.1. The average Bonchev–Trinajstić information content (AvgIpc) is 3.24. The number of hydrogen-bond donors (Lipinski definition) is 1. The fourth-order valence-corrected chi connectivity index (χ4v) is 3.86. The molecule has 0 radical (unpaired) electrons. The number of thiazole rings is 1. The van der Waals surface area contributed by atoms with E-state index in [0.29, 0.717) is 27.9 Å². The first kappa shape index (κ1) is 22.8. The van der Waals surface area contributed by atoms with Crippen LogP contribution in [0, 0.1) is 18.3 Å². The van der Waals surface area contributed by atoms with Gasteiger partial charge in [0.1, 0.15) is 11.6 Å². The van der Waals surface area contributed by atoms with Crippen molar-refractivity contribution < 1.29 is 19.0 Å². The van der Waals surface area contributed by atoms with E-state index in [1.165, 1.54) is 44.3 Å². The monoisotopic (exact) mass is 449 g/mol. The minimum absolute atomic E-state index is 0.0745. The summed E-state index contributed by atoms with van der Waals surface area (Å²) in [5, 5.41) is 12.7. The van der Waals surface area contributed by atoms with Gasteiger partial charge >= 0.3 is 0 Å². The number of anilines is 1. The van der Waals surface area contributed by atoms with E-state index in [-0.39, 0.29) is 5.57 Å². The summed E-state index contributed by atoms with van der Waals surface area (Å²) in [4.78, 5) is 17.9. The molecule has 7 nitrogen and oxygen atoms in total. The lowest BCUT2D eigenvalue weighted by molar-refractivity contribution is -0.112. The van der Waals surface area contributed by atoms with Crippen molar-refractivity contribution in [2.24, 2.45) is 0 Å². The van der Waals surface area contributed by atoms with E-state index >= 15 is 0 Å². The summed E-state index contributed by atoms with van der Waals surface area (Å²) in [6.45, 7) is 2.04. The number of aromatic nitrogens is 1. The molecule has 2 aromatic carbocycles. The summed E-state index contributed by atoms with van der Waals surface area (Å²) < 4.78 is 15.9. The third kappa shape index (κ3) is 5.45. The molecule has 1 aromatic heterocycles. The molecule has 0 spiro atoms. The molecule has 0 aliphatic rings. The molecule has 0 bridgehead atoms. The zero-order valence-electron chi connectivity index (χ0n) is 18.3. The topological polar surface area (TPSA) is 93.5 Å². The van der Waals surface area contributed by atoms with Crippen LogP contribution in [0.15, 0.2) is 48.2 Å². The Labute approximate surface area is 190 Å². The van der Waals surface area contributed by atoms with Crippen molar-refractivity contribution in [3.05, 3.63) is 69.7 Å². The molecular formula is C24H23N3O4S. The van der Waals surface area contributed by atoms with Gasteiger partial charge in [-0.1, -0.05) is 29.8 Å². The molecule has 0 aliphatic heterocycles. The normalized spacial score (nSPS) is 10.9. The summed E-state index contributed by atoms with van der Waals surface area (Å²) >= 11 is 1.38. The number of carbonyl (C=O) groups is 1. The Morgan fingerprint density at radius 3 is 2.34 bits per heavy atom. The van der Waals surface area contributed by atoms with Crippen LogP contribution in [0.4, 0.5) is 5.13 Å². The Hall–Kier alpha value is -3.83. The molecule has 0 fully saturated rings. The van der Waals surface area contributed by atoms with Crippen molar-refractivity contribution in [1.29, 1.82) is 5.26 Å². The van der Waals surface area contributed by atoms with Crippen LogP contribution in [0.25, 0.3) is 6.08 Å². The third-order valence-electron chi connectivity index (χ3n) is 4.64. The first-order valence-corrected chi connectivity index (χ1v) is 10.5. The maximum atomic E-state index is 12.7. The van der Waals surface area contributed by atoms with E-state index < -0.39 is 5.91 Å². The first-order chi connectivity index (χ1) is 15.5. The zero-order valence-corrected chi connectivity index (χ0v) is 19.1. The van der Waals surface area contributed by atoms with E-state index in [2.05, 4.69) is 34.6 Å². The van der Waals surface area contributed by atoms with Crippen molar-refractivity contribution in [2.75, 3.05) is 26.6 Å². The van der Waals surface area contributed by atoms with Gasteiger partial charge in [0.2, 0.25) is 5.75 Å². The summed E-state index contributed by atoms with van der Waals surface area (Å²) in [7, 11) is 4.50. The standard InChI is InChI=1S/C24H23N3O4S/c1-15-5-7-16(8-6-15)10-19-14-26-24(32-19)27-23(28)18(13-25)9-17-11-20(29-2)22(31-4)21(12-17)30-3/h5-9,11-12,14H,10H2,1-4H3,(H,26,27,28)/b18-9+. The smallest absolute Gasteiger partial charge is 0.268 e. The molecule has 1 N–H and O–H groups in total. The van der Waals surface area contributed by atoms with Crippen molar-refractivity contribution in [3.63, 3.8) is 0 Å². The maximum Gasteiger partial charge on any atom is 0.268 e. The number of ether oxygens (including phenoxy) is 3. The molecule has 0 saturated carbocycles. The fourth-order valence-electron chi connectivity index (χ4n) is 3.02. The molecule has 32 heavy (non-hydrogen) atoms. The van der Waals surface area contributed by atoms with Gasteiger partial charge in [0, 0.05) is 17.5 Å². The Morgan fingerprint density at radius 1 is 1.12 bits per heavy atom. The first-order valence-electron chi connectivity index (χ1n) is 9.70. The summed E-state index contributed by atoms with van der Waals surface area (Å²) in [6, 6.07) is 13.5. The van der Waals surface area contributed by atoms with E-state index in [1.807, 2.05) is 13.0 Å². The van der Waals surface area contributed by atoms with E-state index in [9.17, 15) is 10.1 Å². The number of hydrogen-bond acceptors (Lipinski definition) is 7. The quantitative estimate of drug-likeness (QED) is 0.399. The molecule has 3 aromatic rings. The number of nitrogens with zero attached hydrogens (tertiary/aromatic N) is 2. The number of nitriles is 1. The Bertz CT molecular complexity index is 1150. The lowest BCUT2D eigenvalue weighted by Gasteiger charge is -2.13. The number of rotatable bonds is 8. The summed E-state index contributed by atoms with van der Waals surface area (Å²) in [5.74, 6) is 0.740. The van der Waals surface area contributed by atoms with Crippen molar-refractivity contribution in [3.8, 4) is 23.3 Å². The van der Waals surface area contributed by atoms with Crippen LogP contribution < -0.4 is 19.5 Å². The highest BCUT2D eigenvalue weighted by molar-refractivity contribution is 7.15. The summed E-state index contributed by atoms with van der Waals surface area (Å²) in [5.41, 5.74) is 2.85. The molecule has 0 atom stereocenters. The summed E-state index contributed by atoms with van der Waals surface area (Å²) in [6.07, 6.45) is 3.91. The highest BCUT2D eigenvalue weighted by Crippen LogP contribution is 2.38. The van der Waals surface area contributed by atoms with Crippen molar-refractivity contribution in [2.45, 2.75) is 13.3 Å². The molecule has 1 amide bonds. The van der Waals surface area contributed by atoms with E-state index in [1.54, 1.807) is 18.3 Å². The number of nitrogens with one attached hydrogen (secondary N) is 1. The number of amides is 1. The van der Waals surface area contributed by atoms with Gasteiger partial charge in [0.25, 0.3) is 5.91 Å². The number of benzene rings is 2. The predicted octanol–water partition coefficient (Wildman–Crippen LogP) is 4.61. The van der Waals surface area contributed by atoms with Gasteiger partial charge in [0.15, 0.2) is 16.6 Å². The van der Waals surface area contributed by atoms with E-state index in [0.717, 1.165) is 16.9 Å². The van der Waals surface area contributed by atoms with Crippen molar-refractivity contribution >= 4 is 28.5 Å². The van der Waals surface area contributed by atoms with Crippen LogP contribution in [0.2, 0.25) is 0 Å².